The van der Waals surface area contributed by atoms with Gasteiger partial charge in [0.05, 0.1) is 12.7 Å². The SMILES string of the molecule is COc1cccc2c1C(=O)N(c1ccc(Cl)cc1)C2C(=O)NC(C)(C)C. The second-order valence-electron chi connectivity index (χ2n) is 7.22. The summed E-state index contributed by atoms with van der Waals surface area (Å²) in [6.07, 6.45) is 0. The van der Waals surface area contributed by atoms with Crippen LogP contribution in [0.25, 0.3) is 0 Å². The third-order valence-corrected chi connectivity index (χ3v) is 4.37. The summed E-state index contributed by atoms with van der Waals surface area (Å²) in [4.78, 5) is 27.7. The molecule has 0 spiro atoms. The topological polar surface area (TPSA) is 58.6 Å². The maximum Gasteiger partial charge on any atom is 0.263 e. The smallest absolute Gasteiger partial charge is 0.263 e. The molecular weight excluding hydrogens is 352 g/mol. The van der Waals surface area contributed by atoms with E-state index in [2.05, 4.69) is 5.32 Å². The van der Waals surface area contributed by atoms with Crippen LogP contribution in [0.15, 0.2) is 42.5 Å². The van der Waals surface area contributed by atoms with Gasteiger partial charge in [0.2, 0.25) is 5.91 Å². The lowest BCUT2D eigenvalue weighted by Crippen LogP contribution is -2.47. The molecule has 2 aromatic rings. The fourth-order valence-corrected chi connectivity index (χ4v) is 3.24. The van der Waals surface area contributed by atoms with Gasteiger partial charge in [0.25, 0.3) is 5.91 Å². The number of rotatable bonds is 3. The van der Waals surface area contributed by atoms with E-state index in [0.29, 0.717) is 27.6 Å². The largest absolute Gasteiger partial charge is 0.496 e. The van der Waals surface area contributed by atoms with Crippen LogP contribution < -0.4 is 15.0 Å². The second kappa shape index (κ2) is 6.65. The van der Waals surface area contributed by atoms with Gasteiger partial charge in [0.1, 0.15) is 11.8 Å². The Morgan fingerprint density at radius 1 is 1.15 bits per heavy atom. The summed E-state index contributed by atoms with van der Waals surface area (Å²) in [7, 11) is 1.51. The summed E-state index contributed by atoms with van der Waals surface area (Å²) in [6.45, 7) is 5.71. The number of benzene rings is 2. The van der Waals surface area contributed by atoms with Crippen LogP contribution in [0.2, 0.25) is 5.02 Å². The van der Waals surface area contributed by atoms with Gasteiger partial charge >= 0.3 is 0 Å². The lowest BCUT2D eigenvalue weighted by atomic mass is 10.0. The third kappa shape index (κ3) is 3.27. The maximum absolute atomic E-state index is 13.2. The van der Waals surface area contributed by atoms with Crippen LogP contribution in [0.3, 0.4) is 0 Å². The molecule has 0 aliphatic carbocycles. The van der Waals surface area contributed by atoms with Crippen molar-refractivity contribution >= 4 is 29.1 Å². The molecule has 1 heterocycles. The Balaban J connectivity index is 2.14. The fourth-order valence-electron chi connectivity index (χ4n) is 3.12. The van der Waals surface area contributed by atoms with Gasteiger partial charge in [-0.05, 0) is 51.1 Å². The summed E-state index contributed by atoms with van der Waals surface area (Å²) in [5.41, 5.74) is 1.23. The van der Waals surface area contributed by atoms with Crippen molar-refractivity contribution in [2.24, 2.45) is 0 Å². The van der Waals surface area contributed by atoms with Crippen LogP contribution in [0.5, 0.6) is 5.75 Å². The number of ether oxygens (including phenoxy) is 1. The van der Waals surface area contributed by atoms with Crippen LogP contribution in [0, 0.1) is 0 Å². The van der Waals surface area contributed by atoms with Crippen molar-refractivity contribution in [3.63, 3.8) is 0 Å². The van der Waals surface area contributed by atoms with Crippen molar-refractivity contribution < 1.29 is 14.3 Å². The molecule has 0 fully saturated rings. The minimum Gasteiger partial charge on any atom is -0.496 e. The second-order valence-corrected chi connectivity index (χ2v) is 7.65. The minimum absolute atomic E-state index is 0.243. The molecule has 0 saturated carbocycles. The lowest BCUT2D eigenvalue weighted by molar-refractivity contribution is -0.123. The predicted molar refractivity (Wildman–Crippen MR) is 102 cm³/mol. The average molecular weight is 373 g/mol. The Morgan fingerprint density at radius 2 is 1.81 bits per heavy atom. The highest BCUT2D eigenvalue weighted by atomic mass is 35.5. The maximum atomic E-state index is 13.2. The van der Waals surface area contributed by atoms with Crippen molar-refractivity contribution in [2.75, 3.05) is 12.0 Å². The van der Waals surface area contributed by atoms with Gasteiger partial charge in [-0.15, -0.1) is 0 Å². The van der Waals surface area contributed by atoms with Gasteiger partial charge < -0.3 is 10.1 Å². The zero-order valence-electron chi connectivity index (χ0n) is 15.2. The zero-order chi connectivity index (χ0) is 19.1. The molecule has 0 saturated heterocycles. The third-order valence-electron chi connectivity index (χ3n) is 4.12. The number of fused-ring (bicyclic) bond motifs is 1. The molecule has 26 heavy (non-hydrogen) atoms. The first-order valence-corrected chi connectivity index (χ1v) is 8.69. The first-order valence-electron chi connectivity index (χ1n) is 8.31. The van der Waals surface area contributed by atoms with Gasteiger partial charge in [-0.2, -0.15) is 0 Å². The number of nitrogens with zero attached hydrogens (tertiary/aromatic N) is 1. The van der Waals surface area contributed by atoms with Crippen molar-refractivity contribution in [1.29, 1.82) is 0 Å². The molecule has 1 N–H and O–H groups in total. The number of anilines is 1. The summed E-state index contributed by atoms with van der Waals surface area (Å²) in [5, 5.41) is 3.53. The molecule has 6 heteroatoms. The number of methoxy groups -OCH3 is 1. The van der Waals surface area contributed by atoms with Crippen LogP contribution in [0.1, 0.15) is 42.7 Å². The summed E-state index contributed by atoms with van der Waals surface area (Å²) >= 11 is 5.97. The Kier molecular flexibility index (Phi) is 4.67. The van der Waals surface area contributed by atoms with Crippen molar-refractivity contribution in [3.8, 4) is 5.75 Å². The highest BCUT2D eigenvalue weighted by Gasteiger charge is 2.44. The standard InChI is InChI=1S/C20H21ClN2O3/c1-20(2,3)22-18(24)17-14-6-5-7-15(26-4)16(14)19(25)23(17)13-10-8-12(21)9-11-13/h5-11,17H,1-4H3,(H,22,24). The fraction of sp³-hybridized carbons (Fsp3) is 0.300. The van der Waals surface area contributed by atoms with E-state index in [1.807, 2.05) is 20.8 Å². The first-order chi connectivity index (χ1) is 12.2. The summed E-state index contributed by atoms with van der Waals surface area (Å²) in [6, 6.07) is 11.4. The normalized spacial score (nSPS) is 16.4. The molecule has 1 unspecified atom stereocenters. The van der Waals surface area contributed by atoms with Crippen molar-refractivity contribution in [3.05, 3.63) is 58.6 Å². The molecule has 1 aliphatic heterocycles. The molecule has 0 bridgehead atoms. The monoisotopic (exact) mass is 372 g/mol. The number of amides is 2. The van der Waals surface area contributed by atoms with E-state index in [1.165, 1.54) is 12.0 Å². The van der Waals surface area contributed by atoms with E-state index >= 15 is 0 Å². The number of hydrogen-bond acceptors (Lipinski definition) is 3. The van der Waals surface area contributed by atoms with Crippen LogP contribution in [0.4, 0.5) is 5.69 Å². The van der Waals surface area contributed by atoms with Crippen molar-refractivity contribution in [2.45, 2.75) is 32.4 Å². The number of hydrogen-bond donors (Lipinski definition) is 1. The minimum atomic E-state index is -0.770. The average Bonchev–Trinajstić information content (AvgIpc) is 2.87. The Morgan fingerprint density at radius 3 is 2.38 bits per heavy atom. The van der Waals surface area contributed by atoms with Crippen LogP contribution in [-0.4, -0.2) is 24.5 Å². The predicted octanol–water partition coefficient (Wildman–Crippen LogP) is 3.96. The van der Waals surface area contributed by atoms with E-state index in [9.17, 15) is 9.59 Å². The van der Waals surface area contributed by atoms with Gasteiger partial charge in [-0.25, -0.2) is 0 Å². The quantitative estimate of drug-likeness (QED) is 0.887. The molecule has 0 aromatic heterocycles. The van der Waals surface area contributed by atoms with Gasteiger partial charge in [-0.1, -0.05) is 23.7 Å². The van der Waals surface area contributed by atoms with Crippen LogP contribution >= 0.6 is 11.6 Å². The highest BCUT2D eigenvalue weighted by molar-refractivity contribution is 6.30. The molecule has 2 amide bonds. The Hall–Kier alpha value is -2.53. The lowest BCUT2D eigenvalue weighted by Gasteiger charge is -2.28. The van der Waals surface area contributed by atoms with E-state index in [4.69, 9.17) is 16.3 Å². The van der Waals surface area contributed by atoms with E-state index < -0.39 is 11.6 Å². The number of carbonyl (C=O) groups is 2. The first kappa shape index (κ1) is 18.3. The van der Waals surface area contributed by atoms with Crippen LogP contribution in [-0.2, 0) is 4.79 Å². The number of carbonyl (C=O) groups excluding carboxylic acids is 2. The molecule has 2 aromatic carbocycles. The van der Waals surface area contributed by atoms with Gasteiger partial charge in [-0.3, -0.25) is 14.5 Å². The van der Waals surface area contributed by atoms with Crippen molar-refractivity contribution in [1.82, 2.24) is 5.32 Å². The number of nitrogens with one attached hydrogen (secondary N) is 1. The highest BCUT2D eigenvalue weighted by Crippen LogP contribution is 2.41. The molecule has 5 nitrogen and oxygen atoms in total. The Bertz CT molecular complexity index is 856. The molecule has 0 radical (unpaired) electrons. The van der Waals surface area contributed by atoms with E-state index in [0.717, 1.165) is 0 Å². The summed E-state index contributed by atoms with van der Waals surface area (Å²) in [5.74, 6) is -0.0563. The molecule has 3 rings (SSSR count). The summed E-state index contributed by atoms with van der Waals surface area (Å²) < 4.78 is 5.36. The molecule has 1 atom stereocenters. The van der Waals surface area contributed by atoms with Gasteiger partial charge in [0, 0.05) is 21.8 Å². The molecule has 1 aliphatic rings. The van der Waals surface area contributed by atoms with Gasteiger partial charge in [0.15, 0.2) is 0 Å². The van der Waals surface area contributed by atoms with E-state index in [1.54, 1.807) is 42.5 Å². The van der Waals surface area contributed by atoms with E-state index in [-0.39, 0.29) is 11.8 Å². The zero-order valence-corrected chi connectivity index (χ0v) is 15.9. The Labute approximate surface area is 157 Å². The molecule has 136 valence electrons. The molecular formula is C20H21ClN2O3. The number of halogens is 1.